The van der Waals surface area contributed by atoms with Crippen LogP contribution in [0.3, 0.4) is 0 Å². The molecule has 0 spiro atoms. The van der Waals surface area contributed by atoms with Gasteiger partial charge in [0.25, 0.3) is 0 Å². The summed E-state index contributed by atoms with van der Waals surface area (Å²) in [5.74, 6) is 0.917. The molecule has 1 aliphatic heterocycles. The summed E-state index contributed by atoms with van der Waals surface area (Å²) in [5.41, 5.74) is 3.60. The summed E-state index contributed by atoms with van der Waals surface area (Å²) in [5, 5.41) is 7.61. The number of nitrogens with one attached hydrogen (secondary N) is 1. The van der Waals surface area contributed by atoms with Crippen LogP contribution < -0.4 is 5.32 Å². The van der Waals surface area contributed by atoms with Gasteiger partial charge in [-0.2, -0.15) is 5.10 Å². The molecule has 2 atom stereocenters. The van der Waals surface area contributed by atoms with Crippen molar-refractivity contribution in [2.75, 3.05) is 6.61 Å². The highest BCUT2D eigenvalue weighted by Gasteiger charge is 2.35. The molecule has 1 N–H and O–H groups in total. The molecule has 0 radical (unpaired) electrons. The van der Waals surface area contributed by atoms with E-state index in [2.05, 4.69) is 40.7 Å². The van der Waals surface area contributed by atoms with Crippen molar-refractivity contribution in [1.82, 2.24) is 15.1 Å². The van der Waals surface area contributed by atoms with Gasteiger partial charge >= 0.3 is 0 Å². The van der Waals surface area contributed by atoms with E-state index < -0.39 is 0 Å². The molecule has 27 heavy (non-hydrogen) atoms. The SMILES string of the molecule is Cc1c([C@H]2OCC[C@@H]2NC(=O)C2CCC(c3ccccc3)CC2)cnn1C. The van der Waals surface area contributed by atoms with Crippen molar-refractivity contribution < 1.29 is 9.53 Å². The average Bonchev–Trinajstić information content (AvgIpc) is 3.29. The van der Waals surface area contributed by atoms with Crippen LogP contribution in [0.25, 0.3) is 0 Å². The lowest BCUT2D eigenvalue weighted by Crippen LogP contribution is -2.41. The minimum Gasteiger partial charge on any atom is -0.371 e. The first kappa shape index (κ1) is 18.2. The first-order valence-electron chi connectivity index (χ1n) is 10.1. The number of benzene rings is 1. The molecule has 4 rings (SSSR count). The number of carbonyl (C=O) groups is 1. The third-order valence-corrected chi connectivity index (χ3v) is 6.37. The largest absolute Gasteiger partial charge is 0.371 e. The summed E-state index contributed by atoms with van der Waals surface area (Å²) in [6, 6.07) is 10.7. The summed E-state index contributed by atoms with van der Waals surface area (Å²) in [6.07, 6.45) is 6.77. The fourth-order valence-electron chi connectivity index (χ4n) is 4.55. The normalized spacial score (nSPS) is 28.2. The Morgan fingerprint density at radius 1 is 1.15 bits per heavy atom. The molecular formula is C22H29N3O2. The van der Waals surface area contributed by atoms with Crippen LogP contribution in [0, 0.1) is 12.8 Å². The van der Waals surface area contributed by atoms with Crippen molar-refractivity contribution in [1.29, 1.82) is 0 Å². The van der Waals surface area contributed by atoms with Crippen molar-refractivity contribution >= 4 is 5.91 Å². The molecule has 2 aromatic rings. The number of aromatic nitrogens is 2. The molecule has 2 aliphatic rings. The zero-order valence-corrected chi connectivity index (χ0v) is 16.2. The quantitative estimate of drug-likeness (QED) is 0.897. The lowest BCUT2D eigenvalue weighted by molar-refractivity contribution is -0.127. The number of amides is 1. The standard InChI is InChI=1S/C22H29N3O2/c1-15-19(14-23-25(15)2)21-20(12-13-27-21)24-22(26)18-10-8-17(9-11-18)16-6-4-3-5-7-16/h3-7,14,17-18,20-21H,8-13H2,1-2H3,(H,24,26)/t17?,18?,20-,21+/m0/s1. The highest BCUT2D eigenvalue weighted by Crippen LogP contribution is 2.36. The van der Waals surface area contributed by atoms with Gasteiger partial charge < -0.3 is 10.1 Å². The Labute approximate surface area is 161 Å². The van der Waals surface area contributed by atoms with Gasteiger partial charge in [-0.05, 0) is 50.5 Å². The maximum absolute atomic E-state index is 12.9. The maximum Gasteiger partial charge on any atom is 0.223 e. The zero-order valence-electron chi connectivity index (χ0n) is 16.2. The van der Waals surface area contributed by atoms with E-state index in [1.54, 1.807) is 0 Å². The summed E-state index contributed by atoms with van der Waals surface area (Å²) in [7, 11) is 1.94. The monoisotopic (exact) mass is 367 g/mol. The number of hydrogen-bond acceptors (Lipinski definition) is 3. The van der Waals surface area contributed by atoms with E-state index in [0.29, 0.717) is 12.5 Å². The number of ether oxygens (including phenoxy) is 1. The van der Waals surface area contributed by atoms with E-state index in [-0.39, 0.29) is 24.0 Å². The fourth-order valence-corrected chi connectivity index (χ4v) is 4.55. The molecule has 1 aromatic carbocycles. The summed E-state index contributed by atoms with van der Waals surface area (Å²) >= 11 is 0. The molecule has 5 heteroatoms. The van der Waals surface area contributed by atoms with E-state index in [1.807, 2.05) is 24.9 Å². The lowest BCUT2D eigenvalue weighted by Gasteiger charge is -2.29. The van der Waals surface area contributed by atoms with E-state index in [9.17, 15) is 4.79 Å². The van der Waals surface area contributed by atoms with E-state index in [4.69, 9.17) is 4.74 Å². The van der Waals surface area contributed by atoms with E-state index in [1.165, 1.54) is 5.56 Å². The fraction of sp³-hybridized carbons (Fsp3) is 0.545. The smallest absolute Gasteiger partial charge is 0.223 e. The third-order valence-electron chi connectivity index (χ3n) is 6.37. The van der Waals surface area contributed by atoms with Gasteiger partial charge in [0.15, 0.2) is 0 Å². The van der Waals surface area contributed by atoms with Crippen LogP contribution in [-0.2, 0) is 16.6 Å². The van der Waals surface area contributed by atoms with Gasteiger partial charge in [-0.3, -0.25) is 9.48 Å². The Hall–Kier alpha value is -2.14. The van der Waals surface area contributed by atoms with Crippen LogP contribution in [0.4, 0.5) is 0 Å². The first-order chi connectivity index (χ1) is 13.1. The van der Waals surface area contributed by atoms with E-state index in [0.717, 1.165) is 43.4 Å². The minimum absolute atomic E-state index is 0.0484. The van der Waals surface area contributed by atoms with Gasteiger partial charge in [0, 0.05) is 30.8 Å². The van der Waals surface area contributed by atoms with Gasteiger partial charge in [-0.25, -0.2) is 0 Å². The van der Waals surface area contributed by atoms with Crippen LogP contribution in [0.15, 0.2) is 36.5 Å². The predicted octanol–water partition coefficient (Wildman–Crippen LogP) is 3.65. The molecule has 0 bridgehead atoms. The van der Waals surface area contributed by atoms with Gasteiger partial charge in [-0.1, -0.05) is 30.3 Å². The summed E-state index contributed by atoms with van der Waals surface area (Å²) in [4.78, 5) is 12.9. The molecule has 0 unspecified atom stereocenters. The van der Waals surface area contributed by atoms with Crippen molar-refractivity contribution in [3.63, 3.8) is 0 Å². The number of aryl methyl sites for hydroxylation is 1. The maximum atomic E-state index is 12.9. The molecule has 144 valence electrons. The summed E-state index contributed by atoms with van der Waals surface area (Å²) in [6.45, 7) is 2.73. The minimum atomic E-state index is -0.0803. The third kappa shape index (κ3) is 3.79. The topological polar surface area (TPSA) is 56.1 Å². The molecule has 1 saturated carbocycles. The first-order valence-corrected chi connectivity index (χ1v) is 10.1. The molecule has 1 aromatic heterocycles. The Balaban J connectivity index is 1.35. The highest BCUT2D eigenvalue weighted by atomic mass is 16.5. The van der Waals surface area contributed by atoms with Crippen LogP contribution in [0.2, 0.25) is 0 Å². The van der Waals surface area contributed by atoms with Gasteiger partial charge in [0.05, 0.1) is 12.2 Å². The Morgan fingerprint density at radius 2 is 1.89 bits per heavy atom. The van der Waals surface area contributed by atoms with Crippen molar-refractivity contribution in [3.8, 4) is 0 Å². The van der Waals surface area contributed by atoms with Gasteiger partial charge in [0.2, 0.25) is 5.91 Å². The Morgan fingerprint density at radius 3 is 2.56 bits per heavy atom. The van der Waals surface area contributed by atoms with E-state index >= 15 is 0 Å². The molecular weight excluding hydrogens is 338 g/mol. The number of rotatable bonds is 4. The molecule has 1 amide bonds. The molecule has 1 aliphatic carbocycles. The second kappa shape index (κ2) is 7.85. The van der Waals surface area contributed by atoms with Crippen molar-refractivity contribution in [2.24, 2.45) is 13.0 Å². The van der Waals surface area contributed by atoms with Crippen molar-refractivity contribution in [2.45, 2.75) is 57.1 Å². The number of nitrogens with zero attached hydrogens (tertiary/aromatic N) is 2. The van der Waals surface area contributed by atoms with Gasteiger partial charge in [-0.15, -0.1) is 0 Å². The molecule has 1 saturated heterocycles. The zero-order chi connectivity index (χ0) is 18.8. The number of carbonyl (C=O) groups excluding carboxylic acids is 1. The Kier molecular flexibility index (Phi) is 5.30. The van der Waals surface area contributed by atoms with Gasteiger partial charge in [0.1, 0.15) is 6.10 Å². The van der Waals surface area contributed by atoms with Crippen LogP contribution in [0.1, 0.15) is 60.9 Å². The van der Waals surface area contributed by atoms with Crippen LogP contribution in [0.5, 0.6) is 0 Å². The summed E-state index contributed by atoms with van der Waals surface area (Å²) < 4.78 is 7.80. The second-order valence-corrected chi connectivity index (χ2v) is 7.96. The van der Waals surface area contributed by atoms with Crippen LogP contribution in [-0.4, -0.2) is 28.3 Å². The molecule has 2 heterocycles. The average molecular weight is 367 g/mol. The Bertz CT molecular complexity index is 778. The second-order valence-electron chi connectivity index (χ2n) is 7.96. The molecule has 2 fully saturated rings. The van der Waals surface area contributed by atoms with Crippen molar-refractivity contribution in [3.05, 3.63) is 53.3 Å². The highest BCUT2D eigenvalue weighted by molar-refractivity contribution is 5.79. The van der Waals surface area contributed by atoms with Crippen LogP contribution >= 0.6 is 0 Å². The number of hydrogen-bond donors (Lipinski definition) is 1. The predicted molar refractivity (Wildman–Crippen MR) is 104 cm³/mol. The molecule has 5 nitrogen and oxygen atoms in total. The lowest BCUT2D eigenvalue weighted by atomic mass is 9.78.